The Balaban J connectivity index is 2.00. The number of methoxy groups -OCH3 is 1. The van der Waals surface area contributed by atoms with E-state index in [0.29, 0.717) is 6.54 Å². The third kappa shape index (κ3) is 3.53. The highest BCUT2D eigenvalue weighted by molar-refractivity contribution is 5.28. The van der Waals surface area contributed by atoms with Gasteiger partial charge in [-0.05, 0) is 56.8 Å². The Bertz CT molecular complexity index is 414. The van der Waals surface area contributed by atoms with Gasteiger partial charge in [0.2, 0.25) is 0 Å². The van der Waals surface area contributed by atoms with Crippen molar-refractivity contribution in [1.82, 2.24) is 4.90 Å². The lowest BCUT2D eigenvalue weighted by Crippen LogP contribution is -2.53. The molecule has 1 atom stereocenters. The van der Waals surface area contributed by atoms with E-state index in [4.69, 9.17) is 10.5 Å². The zero-order valence-electron chi connectivity index (χ0n) is 13.1. The monoisotopic (exact) mass is 276 g/mol. The maximum absolute atomic E-state index is 6.08. The average molecular weight is 276 g/mol. The molecule has 0 bridgehead atoms. The predicted molar refractivity (Wildman–Crippen MR) is 84.1 cm³/mol. The van der Waals surface area contributed by atoms with Crippen molar-refractivity contribution in [2.45, 2.75) is 38.1 Å². The zero-order chi connectivity index (χ0) is 14.6. The molecule has 1 aromatic carbocycles. The normalized spacial score (nSPS) is 18.6. The van der Waals surface area contributed by atoms with E-state index in [0.717, 1.165) is 18.1 Å². The standard InChI is InChI=1S/C17H28N2O/c1-17(13-18,19(2)12-15-5-4-6-15)11-14-7-9-16(20-3)10-8-14/h7-10,15H,4-6,11-13,18H2,1-3H3. The summed E-state index contributed by atoms with van der Waals surface area (Å²) in [5, 5.41) is 0. The summed E-state index contributed by atoms with van der Waals surface area (Å²) in [5.74, 6) is 1.78. The molecule has 3 heteroatoms. The summed E-state index contributed by atoms with van der Waals surface area (Å²) in [4.78, 5) is 2.46. The van der Waals surface area contributed by atoms with E-state index < -0.39 is 0 Å². The van der Waals surface area contributed by atoms with Gasteiger partial charge in [-0.3, -0.25) is 4.90 Å². The number of nitrogens with zero attached hydrogens (tertiary/aromatic N) is 1. The molecular weight excluding hydrogens is 248 g/mol. The molecular formula is C17H28N2O. The predicted octanol–water partition coefficient (Wildman–Crippen LogP) is 2.69. The number of nitrogens with two attached hydrogens (primary N) is 1. The molecule has 2 rings (SSSR count). The Morgan fingerprint density at radius 3 is 2.40 bits per heavy atom. The van der Waals surface area contributed by atoms with Crippen LogP contribution in [-0.4, -0.2) is 37.7 Å². The Morgan fingerprint density at radius 1 is 1.30 bits per heavy atom. The molecule has 1 aliphatic carbocycles. The molecule has 0 saturated heterocycles. The van der Waals surface area contributed by atoms with Gasteiger partial charge in [-0.15, -0.1) is 0 Å². The lowest BCUT2D eigenvalue weighted by Gasteiger charge is -2.42. The summed E-state index contributed by atoms with van der Waals surface area (Å²) in [6.45, 7) is 4.13. The molecule has 1 fully saturated rings. The van der Waals surface area contributed by atoms with E-state index in [1.54, 1.807) is 7.11 Å². The van der Waals surface area contributed by atoms with Gasteiger partial charge in [0.25, 0.3) is 0 Å². The van der Waals surface area contributed by atoms with Crippen LogP contribution in [0.1, 0.15) is 31.7 Å². The van der Waals surface area contributed by atoms with Gasteiger partial charge in [0.1, 0.15) is 5.75 Å². The van der Waals surface area contributed by atoms with E-state index in [1.807, 2.05) is 12.1 Å². The molecule has 0 spiro atoms. The Hall–Kier alpha value is -1.06. The van der Waals surface area contributed by atoms with E-state index in [-0.39, 0.29) is 5.54 Å². The van der Waals surface area contributed by atoms with E-state index in [2.05, 4.69) is 31.0 Å². The second-order valence-corrected chi connectivity index (χ2v) is 6.40. The fourth-order valence-corrected chi connectivity index (χ4v) is 2.83. The van der Waals surface area contributed by atoms with Crippen molar-refractivity contribution in [1.29, 1.82) is 0 Å². The zero-order valence-corrected chi connectivity index (χ0v) is 13.1. The summed E-state index contributed by atoms with van der Waals surface area (Å²) in [6, 6.07) is 8.34. The summed E-state index contributed by atoms with van der Waals surface area (Å²) in [7, 11) is 3.92. The smallest absolute Gasteiger partial charge is 0.118 e. The number of likely N-dealkylation sites (N-methyl/N-ethyl adjacent to an activating group) is 1. The van der Waals surface area contributed by atoms with Crippen LogP contribution in [-0.2, 0) is 6.42 Å². The summed E-state index contributed by atoms with van der Waals surface area (Å²) < 4.78 is 5.21. The van der Waals surface area contributed by atoms with Crippen LogP contribution in [0.3, 0.4) is 0 Å². The maximum Gasteiger partial charge on any atom is 0.118 e. The first-order chi connectivity index (χ1) is 9.57. The molecule has 0 aromatic heterocycles. The Morgan fingerprint density at radius 2 is 1.95 bits per heavy atom. The molecule has 1 aromatic rings. The van der Waals surface area contributed by atoms with Crippen molar-refractivity contribution in [2.75, 3.05) is 27.2 Å². The van der Waals surface area contributed by atoms with Crippen LogP contribution in [0.4, 0.5) is 0 Å². The minimum atomic E-state index is 0.0319. The molecule has 1 unspecified atom stereocenters. The molecule has 1 aliphatic rings. The Kier molecular flexibility index (Phi) is 5.06. The SMILES string of the molecule is COc1ccc(CC(C)(CN)N(C)CC2CCC2)cc1. The van der Waals surface area contributed by atoms with Crippen LogP contribution in [0.15, 0.2) is 24.3 Å². The fourth-order valence-electron chi connectivity index (χ4n) is 2.83. The van der Waals surface area contributed by atoms with Gasteiger partial charge in [-0.2, -0.15) is 0 Å². The fraction of sp³-hybridized carbons (Fsp3) is 0.647. The van der Waals surface area contributed by atoms with Crippen molar-refractivity contribution in [3.8, 4) is 5.75 Å². The van der Waals surface area contributed by atoms with E-state index in [9.17, 15) is 0 Å². The van der Waals surface area contributed by atoms with Crippen LogP contribution >= 0.6 is 0 Å². The van der Waals surface area contributed by atoms with Gasteiger partial charge in [-0.1, -0.05) is 18.6 Å². The molecule has 20 heavy (non-hydrogen) atoms. The minimum Gasteiger partial charge on any atom is -0.497 e. The van der Waals surface area contributed by atoms with Crippen molar-refractivity contribution in [2.24, 2.45) is 11.7 Å². The lowest BCUT2D eigenvalue weighted by molar-refractivity contribution is 0.0982. The first kappa shape index (κ1) is 15.3. The van der Waals surface area contributed by atoms with Gasteiger partial charge >= 0.3 is 0 Å². The maximum atomic E-state index is 6.08. The first-order valence-electron chi connectivity index (χ1n) is 7.61. The molecule has 0 heterocycles. The quantitative estimate of drug-likeness (QED) is 0.832. The third-order valence-corrected chi connectivity index (χ3v) is 4.86. The van der Waals surface area contributed by atoms with Crippen LogP contribution in [0, 0.1) is 5.92 Å². The molecule has 112 valence electrons. The Labute approximate surface area is 123 Å². The van der Waals surface area contributed by atoms with Crippen molar-refractivity contribution in [3.63, 3.8) is 0 Å². The number of benzene rings is 1. The van der Waals surface area contributed by atoms with Gasteiger partial charge in [0.05, 0.1) is 7.11 Å². The average Bonchev–Trinajstić information content (AvgIpc) is 2.43. The number of hydrogen-bond acceptors (Lipinski definition) is 3. The van der Waals surface area contributed by atoms with Crippen LogP contribution in [0.5, 0.6) is 5.75 Å². The second-order valence-electron chi connectivity index (χ2n) is 6.40. The molecule has 2 N–H and O–H groups in total. The molecule has 0 aliphatic heterocycles. The summed E-state index contributed by atoms with van der Waals surface area (Å²) in [5.41, 5.74) is 7.43. The van der Waals surface area contributed by atoms with Gasteiger partial charge in [-0.25, -0.2) is 0 Å². The highest BCUT2D eigenvalue weighted by Gasteiger charge is 2.31. The number of ether oxygens (including phenoxy) is 1. The van der Waals surface area contributed by atoms with Crippen LogP contribution < -0.4 is 10.5 Å². The van der Waals surface area contributed by atoms with Crippen molar-refractivity contribution < 1.29 is 4.74 Å². The number of hydrogen-bond donors (Lipinski definition) is 1. The van der Waals surface area contributed by atoms with Gasteiger partial charge < -0.3 is 10.5 Å². The van der Waals surface area contributed by atoms with E-state index in [1.165, 1.54) is 31.4 Å². The molecule has 0 amide bonds. The number of rotatable bonds is 7. The third-order valence-electron chi connectivity index (χ3n) is 4.86. The summed E-state index contributed by atoms with van der Waals surface area (Å²) in [6.07, 6.45) is 5.15. The lowest BCUT2D eigenvalue weighted by atomic mass is 9.83. The van der Waals surface area contributed by atoms with Crippen LogP contribution in [0.2, 0.25) is 0 Å². The molecule has 0 radical (unpaired) electrons. The van der Waals surface area contributed by atoms with Gasteiger partial charge in [0.15, 0.2) is 0 Å². The van der Waals surface area contributed by atoms with Crippen LogP contribution in [0.25, 0.3) is 0 Å². The van der Waals surface area contributed by atoms with Crippen molar-refractivity contribution >= 4 is 0 Å². The highest BCUT2D eigenvalue weighted by atomic mass is 16.5. The largest absolute Gasteiger partial charge is 0.497 e. The topological polar surface area (TPSA) is 38.5 Å². The van der Waals surface area contributed by atoms with Crippen molar-refractivity contribution in [3.05, 3.63) is 29.8 Å². The van der Waals surface area contributed by atoms with Gasteiger partial charge in [0, 0.05) is 18.6 Å². The molecule has 3 nitrogen and oxygen atoms in total. The second kappa shape index (κ2) is 6.59. The highest BCUT2D eigenvalue weighted by Crippen LogP contribution is 2.29. The molecule has 1 saturated carbocycles. The van der Waals surface area contributed by atoms with E-state index >= 15 is 0 Å². The summed E-state index contributed by atoms with van der Waals surface area (Å²) >= 11 is 0. The minimum absolute atomic E-state index is 0.0319. The first-order valence-corrected chi connectivity index (χ1v) is 7.61.